The van der Waals surface area contributed by atoms with Gasteiger partial charge in [0.05, 0.1) is 10.4 Å². The second-order valence-electron chi connectivity index (χ2n) is 5.07. The second-order valence-corrected chi connectivity index (χ2v) is 7.11. The summed E-state index contributed by atoms with van der Waals surface area (Å²) in [4.78, 5) is 4.66. The van der Waals surface area contributed by atoms with Gasteiger partial charge in [-0.1, -0.05) is 42.5 Å². The highest BCUT2D eigenvalue weighted by molar-refractivity contribution is 7.89. The van der Waals surface area contributed by atoms with Crippen LogP contribution in [0.5, 0.6) is 0 Å². The number of rotatable bonds is 4. The van der Waals surface area contributed by atoms with Gasteiger partial charge in [-0.05, 0) is 23.8 Å². The van der Waals surface area contributed by atoms with Crippen LogP contribution in [0.1, 0.15) is 5.56 Å². The summed E-state index contributed by atoms with van der Waals surface area (Å²) in [5.74, 6) is 0. The van der Waals surface area contributed by atoms with Gasteiger partial charge in [0.2, 0.25) is 10.0 Å². The van der Waals surface area contributed by atoms with E-state index >= 15 is 0 Å². The lowest BCUT2D eigenvalue weighted by molar-refractivity contribution is 0.468. The Morgan fingerprint density at radius 2 is 1.68 bits per heavy atom. The van der Waals surface area contributed by atoms with Crippen LogP contribution in [0.4, 0.5) is 0 Å². The summed E-state index contributed by atoms with van der Waals surface area (Å²) in [5, 5.41) is 1.01. The molecule has 0 spiro atoms. The molecule has 0 aliphatic heterocycles. The Kier molecular flexibility index (Phi) is 3.92. The number of fused-ring (bicyclic) bond motifs is 1. The molecule has 0 radical (unpaired) electrons. The normalized spacial score (nSPS) is 11.9. The van der Waals surface area contributed by atoms with Crippen LogP contribution >= 0.6 is 0 Å². The van der Waals surface area contributed by atoms with Gasteiger partial charge < -0.3 is 0 Å². The van der Waals surface area contributed by atoms with Crippen molar-refractivity contribution in [3.63, 3.8) is 0 Å². The molecule has 0 N–H and O–H groups in total. The summed E-state index contributed by atoms with van der Waals surface area (Å²) in [6.07, 6.45) is 1.72. The lowest BCUT2D eigenvalue weighted by Gasteiger charge is -2.18. The SMILES string of the molecule is CN(Cc1cccc2cccnc12)S(=O)(=O)c1ccccc1. The minimum atomic E-state index is -3.50. The average molecular weight is 312 g/mol. The largest absolute Gasteiger partial charge is 0.256 e. The van der Waals surface area contributed by atoms with Crippen LogP contribution in [-0.2, 0) is 16.6 Å². The van der Waals surface area contributed by atoms with Crippen molar-refractivity contribution in [1.82, 2.24) is 9.29 Å². The summed E-state index contributed by atoms with van der Waals surface area (Å²) < 4.78 is 26.5. The van der Waals surface area contributed by atoms with Gasteiger partial charge in [-0.2, -0.15) is 4.31 Å². The van der Waals surface area contributed by atoms with Crippen molar-refractivity contribution in [3.05, 3.63) is 72.4 Å². The van der Waals surface area contributed by atoms with Crippen molar-refractivity contribution in [3.8, 4) is 0 Å². The van der Waals surface area contributed by atoms with Crippen molar-refractivity contribution < 1.29 is 8.42 Å². The number of pyridine rings is 1. The molecule has 112 valence electrons. The first-order valence-electron chi connectivity index (χ1n) is 6.93. The van der Waals surface area contributed by atoms with Gasteiger partial charge in [-0.15, -0.1) is 0 Å². The first-order chi connectivity index (χ1) is 10.6. The van der Waals surface area contributed by atoms with Crippen molar-refractivity contribution >= 4 is 20.9 Å². The summed E-state index contributed by atoms with van der Waals surface area (Å²) in [6, 6.07) is 18.1. The third-order valence-corrected chi connectivity index (χ3v) is 5.38. The number of benzene rings is 2. The van der Waals surface area contributed by atoms with Crippen LogP contribution in [0.25, 0.3) is 10.9 Å². The maximum absolute atomic E-state index is 12.6. The predicted octanol–water partition coefficient (Wildman–Crippen LogP) is 3.06. The Hall–Kier alpha value is -2.24. The third-order valence-electron chi connectivity index (χ3n) is 3.56. The lowest BCUT2D eigenvalue weighted by atomic mass is 10.1. The first kappa shape index (κ1) is 14.7. The molecule has 0 fully saturated rings. The molecule has 0 saturated heterocycles. The van der Waals surface area contributed by atoms with Gasteiger partial charge in [-0.25, -0.2) is 8.42 Å². The van der Waals surface area contributed by atoms with Crippen LogP contribution in [0.15, 0.2) is 71.8 Å². The number of sulfonamides is 1. The second kappa shape index (κ2) is 5.87. The van der Waals surface area contributed by atoms with Crippen LogP contribution in [-0.4, -0.2) is 24.8 Å². The standard InChI is InChI=1S/C17H16N2O2S/c1-19(22(20,21)16-10-3-2-4-11-16)13-15-8-5-7-14-9-6-12-18-17(14)15/h2-12H,13H2,1H3. The molecule has 0 aliphatic carbocycles. The monoisotopic (exact) mass is 312 g/mol. The summed E-state index contributed by atoms with van der Waals surface area (Å²) >= 11 is 0. The van der Waals surface area contributed by atoms with Crippen LogP contribution < -0.4 is 0 Å². The minimum absolute atomic E-state index is 0.283. The van der Waals surface area contributed by atoms with E-state index in [1.807, 2.05) is 30.3 Å². The molecule has 1 aromatic heterocycles. The quantitative estimate of drug-likeness (QED) is 0.744. The fourth-order valence-corrected chi connectivity index (χ4v) is 3.56. The maximum Gasteiger partial charge on any atom is 0.243 e. The molecule has 0 aliphatic rings. The zero-order valence-corrected chi connectivity index (χ0v) is 13.0. The third kappa shape index (κ3) is 2.73. The van der Waals surface area contributed by atoms with Gasteiger partial charge in [0, 0.05) is 25.2 Å². The summed E-state index contributed by atoms with van der Waals surface area (Å²) in [6.45, 7) is 0.283. The van der Waals surface area contributed by atoms with Crippen LogP contribution in [0, 0.1) is 0 Å². The molecule has 2 aromatic carbocycles. The van der Waals surface area contributed by atoms with Gasteiger partial charge in [0.25, 0.3) is 0 Å². The van der Waals surface area contributed by atoms with Crippen molar-refractivity contribution in [2.45, 2.75) is 11.4 Å². The van der Waals surface area contributed by atoms with Gasteiger partial charge >= 0.3 is 0 Å². The highest BCUT2D eigenvalue weighted by Crippen LogP contribution is 2.21. The summed E-state index contributed by atoms with van der Waals surface area (Å²) in [7, 11) is -1.91. The van der Waals surface area contributed by atoms with Crippen LogP contribution in [0.2, 0.25) is 0 Å². The van der Waals surface area contributed by atoms with Crippen LogP contribution in [0.3, 0.4) is 0 Å². The fourth-order valence-electron chi connectivity index (χ4n) is 2.39. The Bertz CT molecular complexity index is 887. The van der Waals surface area contributed by atoms with E-state index in [1.54, 1.807) is 43.6 Å². The molecular formula is C17H16N2O2S. The number of para-hydroxylation sites is 1. The van der Waals surface area contributed by atoms with E-state index < -0.39 is 10.0 Å². The molecule has 0 atom stereocenters. The number of nitrogens with zero attached hydrogens (tertiary/aromatic N) is 2. The molecule has 1 heterocycles. The van der Waals surface area contributed by atoms with Gasteiger partial charge in [0.15, 0.2) is 0 Å². The Balaban J connectivity index is 1.95. The Labute approximate surface area is 130 Å². The fraction of sp³-hybridized carbons (Fsp3) is 0.118. The molecule has 4 nitrogen and oxygen atoms in total. The molecule has 5 heteroatoms. The topological polar surface area (TPSA) is 50.3 Å². The number of hydrogen-bond acceptors (Lipinski definition) is 3. The molecular weight excluding hydrogens is 296 g/mol. The van der Waals surface area contributed by atoms with Gasteiger partial charge in [-0.3, -0.25) is 4.98 Å². The molecule has 0 bridgehead atoms. The highest BCUT2D eigenvalue weighted by atomic mass is 32.2. The molecule has 22 heavy (non-hydrogen) atoms. The zero-order valence-electron chi connectivity index (χ0n) is 12.2. The molecule has 3 rings (SSSR count). The van der Waals surface area contributed by atoms with E-state index in [0.29, 0.717) is 4.90 Å². The number of aromatic nitrogens is 1. The highest BCUT2D eigenvalue weighted by Gasteiger charge is 2.21. The lowest BCUT2D eigenvalue weighted by Crippen LogP contribution is -2.26. The predicted molar refractivity (Wildman–Crippen MR) is 86.8 cm³/mol. The number of hydrogen-bond donors (Lipinski definition) is 0. The van der Waals surface area contributed by atoms with Crippen molar-refractivity contribution in [2.24, 2.45) is 0 Å². The van der Waals surface area contributed by atoms with Crippen molar-refractivity contribution in [1.29, 1.82) is 0 Å². The Morgan fingerprint density at radius 1 is 0.955 bits per heavy atom. The zero-order chi connectivity index (χ0) is 15.6. The van der Waals surface area contributed by atoms with E-state index in [2.05, 4.69) is 4.98 Å². The van der Waals surface area contributed by atoms with Gasteiger partial charge in [0.1, 0.15) is 0 Å². The summed E-state index contributed by atoms with van der Waals surface area (Å²) in [5.41, 5.74) is 1.72. The average Bonchev–Trinajstić information content (AvgIpc) is 2.56. The van der Waals surface area contributed by atoms with E-state index in [9.17, 15) is 8.42 Å². The van der Waals surface area contributed by atoms with E-state index in [4.69, 9.17) is 0 Å². The van der Waals surface area contributed by atoms with Crippen molar-refractivity contribution in [2.75, 3.05) is 7.05 Å². The Morgan fingerprint density at radius 3 is 2.45 bits per heavy atom. The van der Waals surface area contributed by atoms with E-state index in [0.717, 1.165) is 16.5 Å². The molecule has 0 unspecified atom stereocenters. The van der Waals surface area contributed by atoms with E-state index in [1.165, 1.54) is 4.31 Å². The molecule has 0 saturated carbocycles. The first-order valence-corrected chi connectivity index (χ1v) is 8.37. The smallest absolute Gasteiger partial charge is 0.243 e. The molecule has 0 amide bonds. The molecule has 3 aromatic rings. The van der Waals surface area contributed by atoms with E-state index in [-0.39, 0.29) is 6.54 Å². The minimum Gasteiger partial charge on any atom is -0.256 e. The maximum atomic E-state index is 12.6.